The van der Waals surface area contributed by atoms with E-state index in [1.54, 1.807) is 7.11 Å². The zero-order valence-electron chi connectivity index (χ0n) is 9.82. The molecular weight excluding hydrogens is 196 g/mol. The monoisotopic (exact) mass is 220 g/mol. The van der Waals surface area contributed by atoms with Crippen LogP contribution < -0.4 is 5.73 Å². The summed E-state index contributed by atoms with van der Waals surface area (Å²) in [6.45, 7) is 3.62. The summed E-state index contributed by atoms with van der Waals surface area (Å²) >= 11 is 1.89. The van der Waals surface area contributed by atoms with Crippen LogP contribution in [0.1, 0.15) is 13.3 Å². The molecule has 0 amide bonds. The highest BCUT2D eigenvalue weighted by atomic mass is 32.2. The minimum Gasteiger partial charge on any atom is -0.383 e. The first-order valence-corrected chi connectivity index (χ1v) is 6.46. The lowest BCUT2D eigenvalue weighted by atomic mass is 10.1. The predicted molar refractivity (Wildman–Crippen MR) is 64.9 cm³/mol. The molecular formula is C10H24N2OS. The number of likely N-dealkylation sites (N-methyl/N-ethyl adjacent to an activating group) is 1. The van der Waals surface area contributed by atoms with E-state index in [-0.39, 0.29) is 0 Å². The van der Waals surface area contributed by atoms with Gasteiger partial charge in [-0.15, -0.1) is 0 Å². The molecule has 0 aliphatic heterocycles. The van der Waals surface area contributed by atoms with Gasteiger partial charge in [-0.2, -0.15) is 11.8 Å². The predicted octanol–water partition coefficient (Wildman–Crippen LogP) is 1.03. The van der Waals surface area contributed by atoms with E-state index in [1.807, 2.05) is 11.8 Å². The van der Waals surface area contributed by atoms with E-state index >= 15 is 0 Å². The molecule has 4 heteroatoms. The van der Waals surface area contributed by atoms with Crippen molar-refractivity contribution in [2.45, 2.75) is 25.4 Å². The number of hydrogen-bond donors (Lipinski definition) is 1. The summed E-state index contributed by atoms with van der Waals surface area (Å²) < 4.78 is 5.14. The van der Waals surface area contributed by atoms with Crippen LogP contribution in [0.25, 0.3) is 0 Å². The minimum atomic E-state index is 0.344. The topological polar surface area (TPSA) is 38.5 Å². The van der Waals surface area contributed by atoms with E-state index in [2.05, 4.69) is 25.1 Å². The van der Waals surface area contributed by atoms with Crippen LogP contribution in [0.15, 0.2) is 0 Å². The van der Waals surface area contributed by atoms with Gasteiger partial charge in [-0.3, -0.25) is 4.90 Å². The molecule has 0 saturated heterocycles. The van der Waals surface area contributed by atoms with Crippen LogP contribution in [-0.4, -0.2) is 56.3 Å². The maximum absolute atomic E-state index is 5.70. The maximum atomic E-state index is 5.70. The van der Waals surface area contributed by atoms with Crippen molar-refractivity contribution in [3.05, 3.63) is 0 Å². The lowest BCUT2D eigenvalue weighted by Crippen LogP contribution is -2.45. The van der Waals surface area contributed by atoms with E-state index in [1.165, 1.54) is 12.2 Å². The number of nitrogens with two attached hydrogens (primary N) is 1. The van der Waals surface area contributed by atoms with Crippen LogP contribution in [0, 0.1) is 0 Å². The van der Waals surface area contributed by atoms with Gasteiger partial charge in [0.2, 0.25) is 0 Å². The van der Waals surface area contributed by atoms with Crippen LogP contribution in [0.2, 0.25) is 0 Å². The van der Waals surface area contributed by atoms with Crippen LogP contribution in [-0.2, 0) is 4.74 Å². The normalized spacial score (nSPS) is 15.9. The molecule has 0 aromatic carbocycles. The van der Waals surface area contributed by atoms with E-state index in [9.17, 15) is 0 Å². The highest BCUT2D eigenvalue weighted by molar-refractivity contribution is 7.98. The molecule has 14 heavy (non-hydrogen) atoms. The summed E-state index contributed by atoms with van der Waals surface area (Å²) in [7, 11) is 3.85. The van der Waals surface area contributed by atoms with E-state index in [0.717, 1.165) is 6.61 Å². The smallest absolute Gasteiger partial charge is 0.0630 e. The molecule has 2 atom stereocenters. The second kappa shape index (κ2) is 8.53. The van der Waals surface area contributed by atoms with Crippen molar-refractivity contribution in [1.82, 2.24) is 4.90 Å². The van der Waals surface area contributed by atoms with E-state index in [4.69, 9.17) is 10.5 Å². The molecule has 2 N–H and O–H groups in total. The van der Waals surface area contributed by atoms with Crippen molar-refractivity contribution < 1.29 is 4.74 Å². The van der Waals surface area contributed by atoms with Crippen molar-refractivity contribution in [3.63, 3.8) is 0 Å². The van der Waals surface area contributed by atoms with Gasteiger partial charge in [0.05, 0.1) is 6.61 Å². The summed E-state index contributed by atoms with van der Waals surface area (Å²) in [6, 6.07) is 0.919. The first kappa shape index (κ1) is 14.2. The van der Waals surface area contributed by atoms with Gasteiger partial charge in [0, 0.05) is 25.7 Å². The van der Waals surface area contributed by atoms with Gasteiger partial charge in [0.25, 0.3) is 0 Å². The molecule has 0 fully saturated rings. The molecule has 0 spiro atoms. The zero-order chi connectivity index (χ0) is 11.0. The Labute approximate surface area is 92.4 Å². The average Bonchev–Trinajstić information content (AvgIpc) is 2.21. The molecule has 2 unspecified atom stereocenters. The van der Waals surface area contributed by atoms with Crippen molar-refractivity contribution in [2.75, 3.05) is 39.3 Å². The summed E-state index contributed by atoms with van der Waals surface area (Å²) in [5, 5.41) is 0. The first-order chi connectivity index (χ1) is 6.67. The lowest BCUT2D eigenvalue weighted by Gasteiger charge is -2.31. The number of methoxy groups -OCH3 is 1. The SMILES string of the molecule is COCC(CN)N(C)C(C)CCSC. The maximum Gasteiger partial charge on any atom is 0.0630 e. The Hall–Kier alpha value is 0.230. The molecule has 0 aliphatic carbocycles. The van der Waals surface area contributed by atoms with Gasteiger partial charge in [0.1, 0.15) is 0 Å². The standard InChI is InChI=1S/C10H24N2OS/c1-9(5-6-14-4)12(2)10(7-11)8-13-3/h9-10H,5-8,11H2,1-4H3. The Bertz CT molecular complexity index is 135. The summed E-state index contributed by atoms with van der Waals surface area (Å²) in [5.74, 6) is 1.20. The highest BCUT2D eigenvalue weighted by Crippen LogP contribution is 2.09. The molecule has 3 nitrogen and oxygen atoms in total. The molecule has 0 aromatic heterocycles. The van der Waals surface area contributed by atoms with Gasteiger partial charge in [-0.25, -0.2) is 0 Å². The third kappa shape index (κ3) is 5.20. The molecule has 0 bridgehead atoms. The second-order valence-corrected chi connectivity index (χ2v) is 4.63. The molecule has 0 aliphatic rings. The quantitative estimate of drug-likeness (QED) is 0.663. The molecule has 0 aromatic rings. The van der Waals surface area contributed by atoms with Gasteiger partial charge < -0.3 is 10.5 Å². The number of ether oxygens (including phenoxy) is 1. The third-order valence-corrected chi connectivity index (χ3v) is 3.29. The van der Waals surface area contributed by atoms with Crippen LogP contribution in [0.4, 0.5) is 0 Å². The summed E-state index contributed by atoms with van der Waals surface area (Å²) in [5.41, 5.74) is 5.70. The molecule has 0 rings (SSSR count). The van der Waals surface area contributed by atoms with Crippen LogP contribution in [0.5, 0.6) is 0 Å². The number of thioether (sulfide) groups is 1. The second-order valence-electron chi connectivity index (χ2n) is 3.64. The van der Waals surface area contributed by atoms with Crippen LogP contribution in [0.3, 0.4) is 0 Å². The van der Waals surface area contributed by atoms with Crippen molar-refractivity contribution >= 4 is 11.8 Å². The van der Waals surface area contributed by atoms with Crippen molar-refractivity contribution in [2.24, 2.45) is 5.73 Å². The Kier molecular flexibility index (Phi) is 8.67. The fourth-order valence-corrected chi connectivity index (χ4v) is 1.97. The van der Waals surface area contributed by atoms with E-state index < -0.39 is 0 Å². The third-order valence-electron chi connectivity index (χ3n) is 2.64. The molecule has 0 radical (unpaired) electrons. The minimum absolute atomic E-state index is 0.344. The molecule has 0 saturated carbocycles. The fraction of sp³-hybridized carbons (Fsp3) is 1.00. The largest absolute Gasteiger partial charge is 0.383 e. The lowest BCUT2D eigenvalue weighted by molar-refractivity contribution is 0.0878. The Morgan fingerprint density at radius 2 is 2.14 bits per heavy atom. The molecule has 86 valence electrons. The number of nitrogens with zero attached hydrogens (tertiary/aromatic N) is 1. The zero-order valence-corrected chi connectivity index (χ0v) is 10.6. The Balaban J connectivity index is 3.91. The molecule has 0 heterocycles. The number of rotatable bonds is 8. The number of hydrogen-bond acceptors (Lipinski definition) is 4. The highest BCUT2D eigenvalue weighted by Gasteiger charge is 2.17. The Morgan fingerprint density at radius 1 is 1.50 bits per heavy atom. The van der Waals surface area contributed by atoms with Gasteiger partial charge >= 0.3 is 0 Å². The van der Waals surface area contributed by atoms with Crippen LogP contribution >= 0.6 is 11.8 Å². The van der Waals surface area contributed by atoms with Crippen molar-refractivity contribution in [3.8, 4) is 0 Å². The van der Waals surface area contributed by atoms with Gasteiger partial charge in [-0.1, -0.05) is 0 Å². The average molecular weight is 220 g/mol. The van der Waals surface area contributed by atoms with Gasteiger partial charge in [0.15, 0.2) is 0 Å². The van der Waals surface area contributed by atoms with E-state index in [0.29, 0.717) is 18.6 Å². The summed E-state index contributed by atoms with van der Waals surface area (Å²) in [6.07, 6.45) is 3.35. The van der Waals surface area contributed by atoms with Crippen molar-refractivity contribution in [1.29, 1.82) is 0 Å². The fourth-order valence-electron chi connectivity index (χ4n) is 1.40. The summed E-state index contributed by atoms with van der Waals surface area (Å²) in [4.78, 5) is 2.32. The first-order valence-electron chi connectivity index (χ1n) is 5.07. The Morgan fingerprint density at radius 3 is 2.57 bits per heavy atom. The van der Waals surface area contributed by atoms with Gasteiger partial charge in [-0.05, 0) is 32.4 Å².